The summed E-state index contributed by atoms with van der Waals surface area (Å²) in [6.45, 7) is 11.8. The molecule has 0 aliphatic rings. The highest BCUT2D eigenvalue weighted by Crippen LogP contribution is 2.30. The lowest BCUT2D eigenvalue weighted by Gasteiger charge is -2.29. The average Bonchev–Trinajstić information content (AvgIpc) is 3.21. The Labute approximate surface area is 237 Å². The first-order valence-corrected chi connectivity index (χ1v) is 15.0. The van der Waals surface area contributed by atoms with E-state index in [1.807, 2.05) is 52.0 Å². The molecule has 1 heterocycles. The van der Waals surface area contributed by atoms with Crippen LogP contribution in [0.3, 0.4) is 0 Å². The van der Waals surface area contributed by atoms with E-state index in [0.717, 1.165) is 5.56 Å². The molecule has 216 valence electrons. The van der Waals surface area contributed by atoms with Crippen molar-refractivity contribution in [3.8, 4) is 11.1 Å². The van der Waals surface area contributed by atoms with E-state index in [-0.39, 0.29) is 41.0 Å². The van der Waals surface area contributed by atoms with Gasteiger partial charge in [-0.05, 0) is 49.3 Å². The van der Waals surface area contributed by atoms with E-state index >= 15 is 0 Å². The van der Waals surface area contributed by atoms with Gasteiger partial charge in [-0.25, -0.2) is 13.1 Å². The first kappa shape index (κ1) is 30.9. The molecule has 1 atom stereocenters. The first-order chi connectivity index (χ1) is 18.8. The van der Waals surface area contributed by atoms with E-state index in [0.29, 0.717) is 35.2 Å². The van der Waals surface area contributed by atoms with Crippen LogP contribution in [0.5, 0.6) is 0 Å². The molecule has 0 saturated heterocycles. The minimum Gasteiger partial charge on any atom is -0.350 e. The highest BCUT2D eigenvalue weighted by molar-refractivity contribution is 7.92. The second kappa shape index (κ2) is 13.1. The molecule has 10 heteroatoms. The molecular formula is C30H40N4O5S. The lowest BCUT2D eigenvalue weighted by atomic mass is 10.0. The molecule has 0 spiro atoms. The zero-order chi connectivity index (χ0) is 29.6. The molecule has 0 unspecified atom stereocenters. The van der Waals surface area contributed by atoms with E-state index < -0.39 is 16.1 Å². The number of likely N-dealkylation sites (N-methyl/N-ethyl adjacent to an activating group) is 1. The summed E-state index contributed by atoms with van der Waals surface area (Å²) < 4.78 is 34.1. The third-order valence-electron chi connectivity index (χ3n) is 6.73. The second-order valence-corrected chi connectivity index (χ2v) is 12.6. The Kier molecular flexibility index (Phi) is 10.1. The number of nitrogens with zero attached hydrogens (tertiary/aromatic N) is 2. The molecular weight excluding hydrogens is 528 g/mol. The van der Waals surface area contributed by atoms with Crippen molar-refractivity contribution in [1.29, 1.82) is 0 Å². The van der Waals surface area contributed by atoms with Gasteiger partial charge in [0.2, 0.25) is 17.7 Å². The maximum atomic E-state index is 13.2. The number of benzene rings is 2. The molecule has 9 nitrogen and oxygen atoms in total. The first-order valence-electron chi connectivity index (χ1n) is 13.5. The van der Waals surface area contributed by atoms with Crippen molar-refractivity contribution in [1.82, 2.24) is 15.4 Å². The predicted molar refractivity (Wildman–Crippen MR) is 156 cm³/mol. The van der Waals surface area contributed by atoms with Crippen LogP contribution in [0.1, 0.15) is 57.4 Å². The summed E-state index contributed by atoms with van der Waals surface area (Å²) in [5.41, 5.74) is 3.32. The van der Waals surface area contributed by atoms with E-state index in [1.165, 1.54) is 6.07 Å². The molecule has 3 rings (SSSR count). The highest BCUT2D eigenvalue weighted by atomic mass is 32.2. The Balaban J connectivity index is 1.74. The third-order valence-corrected chi connectivity index (χ3v) is 8.12. The van der Waals surface area contributed by atoms with Crippen molar-refractivity contribution in [3.63, 3.8) is 0 Å². The van der Waals surface area contributed by atoms with Crippen molar-refractivity contribution in [2.45, 2.75) is 71.9 Å². The Morgan fingerprint density at radius 1 is 0.975 bits per heavy atom. The van der Waals surface area contributed by atoms with Crippen LogP contribution in [0, 0.1) is 25.7 Å². The van der Waals surface area contributed by atoms with Crippen LogP contribution in [0.4, 0.5) is 5.88 Å². The van der Waals surface area contributed by atoms with Gasteiger partial charge in [-0.2, -0.15) is 0 Å². The maximum absolute atomic E-state index is 13.2. The summed E-state index contributed by atoms with van der Waals surface area (Å²) >= 11 is 0. The maximum Gasteiger partial charge on any atom is 0.264 e. The molecule has 0 bridgehead atoms. The largest absolute Gasteiger partial charge is 0.350 e. The van der Waals surface area contributed by atoms with Crippen LogP contribution in [0.25, 0.3) is 11.1 Å². The monoisotopic (exact) mass is 568 g/mol. The third kappa shape index (κ3) is 7.71. The fraction of sp³-hybridized carbons (Fsp3) is 0.433. The van der Waals surface area contributed by atoms with Gasteiger partial charge in [-0.3, -0.25) is 9.59 Å². The van der Waals surface area contributed by atoms with E-state index in [9.17, 15) is 18.0 Å². The van der Waals surface area contributed by atoms with Crippen LogP contribution < -0.4 is 10.0 Å². The van der Waals surface area contributed by atoms with E-state index in [1.54, 1.807) is 44.0 Å². The SMILES string of the molecule is Cc1noc(NS(=O)(=O)c2ccccc2-c2ccc(CNC(=O)[C@H](CC(C)C)N(C)C(=O)CC(C)C)cc2)c1C. The summed E-state index contributed by atoms with van der Waals surface area (Å²) in [6.07, 6.45) is 0.960. The van der Waals surface area contributed by atoms with Gasteiger partial charge in [0.1, 0.15) is 6.04 Å². The Morgan fingerprint density at radius 3 is 2.20 bits per heavy atom. The van der Waals surface area contributed by atoms with Crippen molar-refractivity contribution >= 4 is 27.7 Å². The fourth-order valence-corrected chi connectivity index (χ4v) is 5.57. The van der Waals surface area contributed by atoms with Gasteiger partial charge in [-0.15, -0.1) is 0 Å². The summed E-state index contributed by atoms with van der Waals surface area (Å²) in [5, 5.41) is 6.78. The van der Waals surface area contributed by atoms with Crippen molar-refractivity contribution in [2.24, 2.45) is 11.8 Å². The molecule has 3 aromatic rings. The van der Waals surface area contributed by atoms with Crippen LogP contribution in [0.15, 0.2) is 57.9 Å². The number of nitrogens with one attached hydrogen (secondary N) is 2. The molecule has 2 N–H and O–H groups in total. The van der Waals surface area contributed by atoms with Crippen molar-refractivity contribution in [2.75, 3.05) is 11.8 Å². The standard InChI is InChI=1S/C30H40N4O5S/c1-19(2)16-26(34(7)28(35)17-20(3)4)29(36)31-18-23-12-14-24(15-13-23)25-10-8-9-11-27(25)40(37,38)33-30-21(5)22(6)32-39-30/h8-15,19-20,26,33H,16-18H2,1-7H3,(H,31,36)/t26-/m0/s1. The number of carbonyl (C=O) groups excluding carboxylic acids is 2. The summed E-state index contributed by atoms with van der Waals surface area (Å²) in [7, 11) is -2.26. The molecule has 0 aliphatic carbocycles. The smallest absolute Gasteiger partial charge is 0.264 e. The molecule has 0 fully saturated rings. The zero-order valence-corrected chi connectivity index (χ0v) is 25.1. The number of aryl methyl sites for hydroxylation is 1. The molecule has 0 saturated carbocycles. The zero-order valence-electron chi connectivity index (χ0n) is 24.3. The minimum absolute atomic E-state index is 0.0446. The molecule has 1 aromatic heterocycles. The van der Waals surface area contributed by atoms with Crippen molar-refractivity contribution in [3.05, 3.63) is 65.4 Å². The molecule has 0 aliphatic heterocycles. The minimum atomic E-state index is -3.95. The number of aromatic nitrogens is 1. The highest BCUT2D eigenvalue weighted by Gasteiger charge is 2.28. The lowest BCUT2D eigenvalue weighted by Crippen LogP contribution is -2.48. The van der Waals surface area contributed by atoms with E-state index in [2.05, 4.69) is 15.2 Å². The predicted octanol–water partition coefficient (Wildman–Crippen LogP) is 5.29. The summed E-state index contributed by atoms with van der Waals surface area (Å²) in [4.78, 5) is 27.4. The molecule has 2 amide bonds. The summed E-state index contributed by atoms with van der Waals surface area (Å²) in [6, 6.07) is 13.5. The van der Waals surface area contributed by atoms with Gasteiger partial charge in [-0.1, -0.05) is 75.3 Å². The van der Waals surface area contributed by atoms with Crippen LogP contribution >= 0.6 is 0 Å². The van der Waals surface area contributed by atoms with Gasteiger partial charge < -0.3 is 14.7 Å². The average molecular weight is 569 g/mol. The quantitative estimate of drug-likeness (QED) is 0.306. The number of rotatable bonds is 12. The number of hydrogen-bond acceptors (Lipinski definition) is 6. The Morgan fingerprint density at radius 2 is 1.62 bits per heavy atom. The topological polar surface area (TPSA) is 122 Å². The normalized spacial score (nSPS) is 12.4. The van der Waals surface area contributed by atoms with Crippen molar-refractivity contribution < 1.29 is 22.5 Å². The van der Waals surface area contributed by atoms with Gasteiger partial charge in [0.25, 0.3) is 10.0 Å². The number of amides is 2. The number of hydrogen-bond donors (Lipinski definition) is 2. The van der Waals surface area contributed by atoms with Crippen LogP contribution in [-0.2, 0) is 26.2 Å². The lowest BCUT2D eigenvalue weighted by molar-refractivity contribution is -0.140. The molecule has 40 heavy (non-hydrogen) atoms. The number of carbonyl (C=O) groups is 2. The Hall–Kier alpha value is -3.66. The molecule has 2 aromatic carbocycles. The van der Waals surface area contributed by atoms with Gasteiger partial charge in [0.15, 0.2) is 0 Å². The number of sulfonamides is 1. The van der Waals surface area contributed by atoms with Crippen LogP contribution in [-0.4, -0.2) is 43.4 Å². The van der Waals surface area contributed by atoms with Gasteiger partial charge in [0, 0.05) is 31.1 Å². The second-order valence-electron chi connectivity index (χ2n) is 11.0. The molecule has 0 radical (unpaired) electrons. The van der Waals surface area contributed by atoms with Crippen LogP contribution in [0.2, 0.25) is 0 Å². The fourth-order valence-electron chi connectivity index (χ4n) is 4.29. The Bertz CT molecular complexity index is 1430. The number of anilines is 1. The van der Waals surface area contributed by atoms with Gasteiger partial charge in [0.05, 0.1) is 10.6 Å². The summed E-state index contributed by atoms with van der Waals surface area (Å²) in [5.74, 6) is 0.301. The van der Waals surface area contributed by atoms with Gasteiger partial charge >= 0.3 is 0 Å². The van der Waals surface area contributed by atoms with E-state index in [4.69, 9.17) is 4.52 Å².